The van der Waals surface area contributed by atoms with E-state index in [4.69, 9.17) is 0 Å². The van der Waals surface area contributed by atoms with Crippen molar-refractivity contribution in [1.82, 2.24) is 10.2 Å². The van der Waals surface area contributed by atoms with Crippen molar-refractivity contribution in [3.8, 4) is 0 Å². The molecule has 4 nitrogen and oxygen atoms in total. The average molecular weight is 292 g/mol. The fourth-order valence-corrected chi connectivity index (χ4v) is 2.98. The first-order chi connectivity index (χ1) is 9.60. The Hall–Kier alpha value is -1.49. The van der Waals surface area contributed by atoms with Crippen LogP contribution in [0.1, 0.15) is 31.0 Å². The summed E-state index contributed by atoms with van der Waals surface area (Å²) in [5.41, 5.74) is 2.37. The van der Waals surface area contributed by atoms with Crippen LogP contribution in [0, 0.1) is 0 Å². The molecule has 1 aromatic carbocycles. The summed E-state index contributed by atoms with van der Waals surface area (Å²) in [6.45, 7) is 4.89. The van der Waals surface area contributed by atoms with Gasteiger partial charge < -0.3 is 10.2 Å². The molecule has 0 spiro atoms. The topological polar surface area (TPSA) is 49.4 Å². The van der Waals surface area contributed by atoms with E-state index in [9.17, 15) is 9.59 Å². The fourth-order valence-electron chi connectivity index (χ4n) is 2.16. The number of benzene rings is 1. The summed E-state index contributed by atoms with van der Waals surface area (Å²) in [6, 6.07) is 8.21. The second-order valence-corrected chi connectivity index (χ2v) is 5.97. The Morgan fingerprint density at radius 1 is 1.40 bits per heavy atom. The van der Waals surface area contributed by atoms with Crippen LogP contribution in [0.25, 0.3) is 0 Å². The van der Waals surface area contributed by atoms with E-state index in [0.717, 1.165) is 17.7 Å². The second kappa shape index (κ2) is 6.79. The molecule has 108 valence electrons. The summed E-state index contributed by atoms with van der Waals surface area (Å²) in [5.74, 6) is 0.674. The second-order valence-electron chi connectivity index (χ2n) is 4.92. The first-order valence-electron chi connectivity index (χ1n) is 6.90. The quantitative estimate of drug-likeness (QED) is 0.907. The van der Waals surface area contributed by atoms with Gasteiger partial charge in [0, 0.05) is 12.3 Å². The minimum atomic E-state index is -0.104. The normalized spacial score (nSPS) is 16.3. The lowest BCUT2D eigenvalue weighted by molar-refractivity contribution is -0.122. The van der Waals surface area contributed by atoms with Crippen molar-refractivity contribution in [2.24, 2.45) is 0 Å². The maximum atomic E-state index is 11.9. The molecule has 0 aliphatic carbocycles. The van der Waals surface area contributed by atoms with Gasteiger partial charge in [-0.1, -0.05) is 43.0 Å². The van der Waals surface area contributed by atoms with Crippen molar-refractivity contribution in [2.75, 3.05) is 18.8 Å². The Labute approximate surface area is 123 Å². The van der Waals surface area contributed by atoms with E-state index in [-0.39, 0.29) is 23.7 Å². The van der Waals surface area contributed by atoms with Gasteiger partial charge >= 0.3 is 0 Å². The summed E-state index contributed by atoms with van der Waals surface area (Å²) in [6.07, 6.45) is 1.01. The van der Waals surface area contributed by atoms with Crippen LogP contribution in [-0.2, 0) is 11.2 Å². The van der Waals surface area contributed by atoms with Crippen molar-refractivity contribution in [1.29, 1.82) is 0 Å². The molecular formula is C15H20N2O2S. The highest BCUT2D eigenvalue weighted by molar-refractivity contribution is 8.13. The van der Waals surface area contributed by atoms with Gasteiger partial charge in [0.05, 0.1) is 6.04 Å². The molecule has 20 heavy (non-hydrogen) atoms. The van der Waals surface area contributed by atoms with Crippen LogP contribution in [0.4, 0.5) is 4.79 Å². The molecule has 0 saturated carbocycles. The maximum absolute atomic E-state index is 11.9. The number of amides is 2. The molecule has 1 heterocycles. The summed E-state index contributed by atoms with van der Waals surface area (Å²) in [7, 11) is 0. The van der Waals surface area contributed by atoms with Gasteiger partial charge in [-0.2, -0.15) is 0 Å². The third-order valence-corrected chi connectivity index (χ3v) is 4.34. The molecule has 0 bridgehead atoms. The van der Waals surface area contributed by atoms with Crippen LogP contribution >= 0.6 is 11.8 Å². The molecule has 1 fully saturated rings. The standard InChI is InChI=1S/C15H20N2O2S/c1-3-12-4-6-13(7-5-12)11(2)16-14(18)10-17-8-9-20-15(17)19/h4-7,11H,3,8-10H2,1-2H3,(H,16,18)/t11-/m0/s1. The monoisotopic (exact) mass is 292 g/mol. The van der Waals surface area contributed by atoms with Gasteiger partial charge in [0.15, 0.2) is 0 Å². The molecule has 1 aliphatic rings. The molecule has 0 aromatic heterocycles. The Kier molecular flexibility index (Phi) is 5.06. The SMILES string of the molecule is CCc1ccc([C@H](C)NC(=O)CN2CCSC2=O)cc1. The Balaban J connectivity index is 1.87. The molecule has 0 radical (unpaired) electrons. The number of hydrogen-bond donors (Lipinski definition) is 1. The molecule has 1 saturated heterocycles. The van der Waals surface area contributed by atoms with E-state index in [1.54, 1.807) is 4.90 Å². The van der Waals surface area contributed by atoms with Crippen molar-refractivity contribution < 1.29 is 9.59 Å². The predicted molar refractivity (Wildman–Crippen MR) is 81.8 cm³/mol. The van der Waals surface area contributed by atoms with Gasteiger partial charge in [-0.25, -0.2) is 0 Å². The number of aryl methyl sites for hydroxylation is 1. The van der Waals surface area contributed by atoms with E-state index < -0.39 is 0 Å². The third kappa shape index (κ3) is 3.76. The van der Waals surface area contributed by atoms with Gasteiger partial charge in [0.25, 0.3) is 5.24 Å². The largest absolute Gasteiger partial charge is 0.348 e. The van der Waals surface area contributed by atoms with Gasteiger partial charge in [-0.05, 0) is 24.5 Å². The van der Waals surface area contributed by atoms with Gasteiger partial charge in [0.1, 0.15) is 6.54 Å². The first-order valence-corrected chi connectivity index (χ1v) is 7.88. The third-order valence-electron chi connectivity index (χ3n) is 3.44. The van der Waals surface area contributed by atoms with Crippen LogP contribution in [0.5, 0.6) is 0 Å². The van der Waals surface area contributed by atoms with Crippen LogP contribution in [0.3, 0.4) is 0 Å². The highest BCUT2D eigenvalue weighted by Gasteiger charge is 2.23. The number of nitrogens with one attached hydrogen (secondary N) is 1. The Morgan fingerprint density at radius 2 is 2.10 bits per heavy atom. The smallest absolute Gasteiger partial charge is 0.282 e. The summed E-state index contributed by atoms with van der Waals surface area (Å²) >= 11 is 1.27. The fraction of sp³-hybridized carbons (Fsp3) is 0.467. The van der Waals surface area contributed by atoms with Gasteiger partial charge in [-0.15, -0.1) is 0 Å². The Morgan fingerprint density at radius 3 is 2.65 bits per heavy atom. The minimum absolute atomic E-state index is 0.0000942. The van der Waals surface area contributed by atoms with E-state index in [1.165, 1.54) is 17.3 Å². The summed E-state index contributed by atoms with van der Waals surface area (Å²) in [4.78, 5) is 25.0. The lowest BCUT2D eigenvalue weighted by Crippen LogP contribution is -2.38. The summed E-state index contributed by atoms with van der Waals surface area (Å²) < 4.78 is 0. The highest BCUT2D eigenvalue weighted by atomic mass is 32.2. The molecular weight excluding hydrogens is 272 g/mol. The zero-order chi connectivity index (χ0) is 14.5. The minimum Gasteiger partial charge on any atom is -0.348 e. The average Bonchev–Trinajstić information content (AvgIpc) is 2.84. The lowest BCUT2D eigenvalue weighted by Gasteiger charge is -2.18. The van der Waals surface area contributed by atoms with E-state index in [1.807, 2.05) is 19.1 Å². The molecule has 1 N–H and O–H groups in total. The molecule has 2 rings (SSSR count). The van der Waals surface area contributed by atoms with Crippen molar-refractivity contribution in [3.63, 3.8) is 0 Å². The first kappa shape index (κ1) is 14.9. The number of rotatable bonds is 5. The van der Waals surface area contributed by atoms with E-state index in [2.05, 4.69) is 24.4 Å². The van der Waals surface area contributed by atoms with Crippen molar-refractivity contribution in [2.45, 2.75) is 26.3 Å². The van der Waals surface area contributed by atoms with Crippen LogP contribution < -0.4 is 5.32 Å². The van der Waals surface area contributed by atoms with E-state index >= 15 is 0 Å². The van der Waals surface area contributed by atoms with Crippen LogP contribution in [0.15, 0.2) is 24.3 Å². The zero-order valence-electron chi connectivity index (χ0n) is 11.9. The van der Waals surface area contributed by atoms with E-state index in [0.29, 0.717) is 6.54 Å². The number of carbonyl (C=O) groups is 2. The highest BCUT2D eigenvalue weighted by Crippen LogP contribution is 2.17. The van der Waals surface area contributed by atoms with Gasteiger partial charge in [0.2, 0.25) is 5.91 Å². The number of thioether (sulfide) groups is 1. The lowest BCUT2D eigenvalue weighted by atomic mass is 10.1. The summed E-state index contributed by atoms with van der Waals surface area (Å²) in [5, 5.41) is 2.94. The van der Waals surface area contributed by atoms with Crippen molar-refractivity contribution in [3.05, 3.63) is 35.4 Å². The van der Waals surface area contributed by atoms with Crippen LogP contribution in [-0.4, -0.2) is 34.9 Å². The predicted octanol–water partition coefficient (Wildman–Crippen LogP) is 2.60. The van der Waals surface area contributed by atoms with Crippen molar-refractivity contribution >= 4 is 22.9 Å². The number of hydrogen-bond acceptors (Lipinski definition) is 3. The molecule has 1 aliphatic heterocycles. The molecule has 2 amide bonds. The molecule has 1 atom stereocenters. The van der Waals surface area contributed by atoms with Gasteiger partial charge in [-0.3, -0.25) is 9.59 Å². The molecule has 0 unspecified atom stereocenters. The number of nitrogens with zero attached hydrogens (tertiary/aromatic N) is 1. The Bertz CT molecular complexity index is 487. The molecule has 5 heteroatoms. The molecule has 1 aromatic rings. The zero-order valence-corrected chi connectivity index (χ0v) is 12.7. The number of carbonyl (C=O) groups excluding carboxylic acids is 2. The van der Waals surface area contributed by atoms with Crippen LogP contribution in [0.2, 0.25) is 0 Å². The maximum Gasteiger partial charge on any atom is 0.282 e.